The maximum atomic E-state index is 11.4. The summed E-state index contributed by atoms with van der Waals surface area (Å²) in [6.45, 7) is 7.83. The van der Waals surface area contributed by atoms with E-state index in [-0.39, 0.29) is 5.91 Å². The summed E-state index contributed by atoms with van der Waals surface area (Å²) < 4.78 is 0. The standard InChI is InChI=1S/C13H13N3O/c1-14-13(5-2-6-13)16-10-3-4-11-9(7-10)8-15-12(11)17/h3-4,7,16H,2,5-6,8H2,(H,15,17). The monoisotopic (exact) mass is 227 g/mol. The Labute approximate surface area is 99.8 Å². The van der Waals surface area contributed by atoms with Crippen LogP contribution in [0.5, 0.6) is 0 Å². The van der Waals surface area contributed by atoms with Crippen molar-refractivity contribution in [3.8, 4) is 0 Å². The number of anilines is 1. The number of hydrogen-bond donors (Lipinski definition) is 2. The van der Waals surface area contributed by atoms with Crippen molar-refractivity contribution >= 4 is 11.6 Å². The van der Waals surface area contributed by atoms with E-state index in [1.807, 2.05) is 18.2 Å². The lowest BCUT2D eigenvalue weighted by Gasteiger charge is -2.31. The fraction of sp³-hybridized carbons (Fsp3) is 0.385. The molecule has 86 valence electrons. The van der Waals surface area contributed by atoms with Crippen molar-refractivity contribution in [1.82, 2.24) is 5.32 Å². The molecule has 1 saturated carbocycles. The zero-order chi connectivity index (χ0) is 11.9. The largest absolute Gasteiger partial charge is 0.348 e. The number of nitrogens with one attached hydrogen (secondary N) is 2. The van der Waals surface area contributed by atoms with Crippen LogP contribution in [0.1, 0.15) is 35.2 Å². The Morgan fingerprint density at radius 2 is 2.24 bits per heavy atom. The first-order valence-corrected chi connectivity index (χ1v) is 5.80. The predicted octanol–water partition coefficient (Wildman–Crippen LogP) is 2.14. The predicted molar refractivity (Wildman–Crippen MR) is 64.4 cm³/mol. The van der Waals surface area contributed by atoms with E-state index in [1.54, 1.807) is 0 Å². The van der Waals surface area contributed by atoms with Crippen LogP contribution in [-0.2, 0) is 6.54 Å². The Balaban J connectivity index is 1.86. The molecule has 0 saturated heterocycles. The van der Waals surface area contributed by atoms with Crippen molar-refractivity contribution in [2.24, 2.45) is 0 Å². The van der Waals surface area contributed by atoms with Gasteiger partial charge in [0.2, 0.25) is 0 Å². The molecule has 0 radical (unpaired) electrons. The van der Waals surface area contributed by atoms with E-state index < -0.39 is 5.66 Å². The van der Waals surface area contributed by atoms with Gasteiger partial charge in [0.1, 0.15) is 0 Å². The number of rotatable bonds is 2. The van der Waals surface area contributed by atoms with Crippen LogP contribution >= 0.6 is 0 Å². The first-order valence-electron chi connectivity index (χ1n) is 5.80. The van der Waals surface area contributed by atoms with Crippen LogP contribution in [0, 0.1) is 6.57 Å². The molecule has 1 aromatic rings. The van der Waals surface area contributed by atoms with Crippen LogP contribution in [-0.4, -0.2) is 11.6 Å². The second-order valence-corrected chi connectivity index (χ2v) is 4.68. The lowest BCUT2D eigenvalue weighted by atomic mass is 9.85. The molecule has 1 aliphatic carbocycles. The summed E-state index contributed by atoms with van der Waals surface area (Å²) in [5.41, 5.74) is 2.31. The fourth-order valence-corrected chi connectivity index (χ4v) is 2.36. The molecule has 4 heteroatoms. The van der Waals surface area contributed by atoms with Crippen LogP contribution in [0.3, 0.4) is 0 Å². The molecule has 3 rings (SSSR count). The summed E-state index contributed by atoms with van der Waals surface area (Å²) in [5, 5.41) is 6.08. The van der Waals surface area contributed by atoms with E-state index in [1.165, 1.54) is 0 Å². The van der Waals surface area contributed by atoms with Crippen LogP contribution in [0.25, 0.3) is 4.85 Å². The fourth-order valence-electron chi connectivity index (χ4n) is 2.36. The summed E-state index contributed by atoms with van der Waals surface area (Å²) >= 11 is 0. The molecule has 2 aliphatic rings. The van der Waals surface area contributed by atoms with Gasteiger partial charge in [0, 0.05) is 30.6 Å². The van der Waals surface area contributed by atoms with Gasteiger partial charge in [-0.25, -0.2) is 6.57 Å². The van der Waals surface area contributed by atoms with E-state index in [0.29, 0.717) is 6.54 Å². The molecule has 17 heavy (non-hydrogen) atoms. The third-order valence-corrected chi connectivity index (χ3v) is 3.56. The van der Waals surface area contributed by atoms with Crippen LogP contribution < -0.4 is 10.6 Å². The molecule has 0 unspecified atom stereocenters. The Morgan fingerprint density at radius 3 is 2.88 bits per heavy atom. The summed E-state index contributed by atoms with van der Waals surface area (Å²) in [5.74, 6) is -0.00455. The van der Waals surface area contributed by atoms with E-state index in [9.17, 15) is 4.79 Å². The van der Waals surface area contributed by atoms with Gasteiger partial charge in [0.15, 0.2) is 0 Å². The van der Waals surface area contributed by atoms with Gasteiger partial charge in [-0.1, -0.05) is 0 Å². The normalized spacial score (nSPS) is 19.8. The molecule has 1 aliphatic heterocycles. The van der Waals surface area contributed by atoms with Crippen molar-refractivity contribution in [1.29, 1.82) is 0 Å². The number of fused-ring (bicyclic) bond motifs is 1. The minimum Gasteiger partial charge on any atom is -0.348 e. The summed E-state index contributed by atoms with van der Waals surface area (Å²) in [7, 11) is 0. The lowest BCUT2D eigenvalue weighted by Crippen LogP contribution is -2.41. The number of hydrogen-bond acceptors (Lipinski definition) is 2. The number of amides is 1. The second-order valence-electron chi connectivity index (χ2n) is 4.68. The Kier molecular flexibility index (Phi) is 2.08. The SMILES string of the molecule is [C-]#[N+]C1(Nc2ccc3c(c2)CNC3=O)CCC1. The maximum absolute atomic E-state index is 11.4. The average Bonchev–Trinajstić information content (AvgIpc) is 2.65. The highest BCUT2D eigenvalue weighted by Gasteiger charge is 2.43. The highest BCUT2D eigenvalue weighted by atomic mass is 16.1. The van der Waals surface area contributed by atoms with Crippen molar-refractivity contribution in [3.05, 3.63) is 40.7 Å². The van der Waals surface area contributed by atoms with E-state index >= 15 is 0 Å². The number of nitrogens with zero attached hydrogens (tertiary/aromatic N) is 1. The first kappa shape index (κ1) is 10.2. The molecular formula is C13H13N3O. The molecule has 1 aromatic carbocycles. The van der Waals surface area contributed by atoms with Gasteiger partial charge in [0.25, 0.3) is 5.91 Å². The molecule has 0 bridgehead atoms. The smallest absolute Gasteiger partial charge is 0.305 e. The van der Waals surface area contributed by atoms with Crippen molar-refractivity contribution < 1.29 is 4.79 Å². The highest BCUT2D eigenvalue weighted by molar-refractivity contribution is 5.98. The number of carbonyl (C=O) groups is 1. The topological polar surface area (TPSA) is 45.5 Å². The zero-order valence-electron chi connectivity index (χ0n) is 9.42. The van der Waals surface area contributed by atoms with Crippen LogP contribution in [0.4, 0.5) is 5.69 Å². The van der Waals surface area contributed by atoms with Gasteiger partial charge in [-0.05, 0) is 30.2 Å². The molecule has 1 fully saturated rings. The lowest BCUT2D eigenvalue weighted by molar-refractivity contribution is 0.0966. The summed E-state index contributed by atoms with van der Waals surface area (Å²) in [6, 6.07) is 5.68. The summed E-state index contributed by atoms with van der Waals surface area (Å²) in [4.78, 5) is 15.1. The van der Waals surface area contributed by atoms with E-state index in [4.69, 9.17) is 6.57 Å². The molecular weight excluding hydrogens is 214 g/mol. The third-order valence-electron chi connectivity index (χ3n) is 3.56. The van der Waals surface area contributed by atoms with Gasteiger partial charge >= 0.3 is 5.66 Å². The van der Waals surface area contributed by atoms with Crippen molar-refractivity contribution in [2.45, 2.75) is 31.5 Å². The molecule has 1 heterocycles. The first-order chi connectivity index (χ1) is 8.22. The molecule has 0 spiro atoms. The molecule has 4 nitrogen and oxygen atoms in total. The molecule has 0 aromatic heterocycles. The van der Waals surface area contributed by atoms with Crippen molar-refractivity contribution in [2.75, 3.05) is 5.32 Å². The highest BCUT2D eigenvalue weighted by Crippen LogP contribution is 2.37. The van der Waals surface area contributed by atoms with Gasteiger partial charge in [-0.15, -0.1) is 0 Å². The van der Waals surface area contributed by atoms with Gasteiger partial charge in [-0.2, -0.15) is 0 Å². The average molecular weight is 227 g/mol. The Bertz CT molecular complexity index is 526. The molecule has 0 atom stereocenters. The van der Waals surface area contributed by atoms with Gasteiger partial charge in [0.05, 0.1) is 0 Å². The van der Waals surface area contributed by atoms with E-state index in [0.717, 1.165) is 36.1 Å². The van der Waals surface area contributed by atoms with Crippen LogP contribution in [0.15, 0.2) is 18.2 Å². The third kappa shape index (κ3) is 1.55. The molecule has 2 N–H and O–H groups in total. The van der Waals surface area contributed by atoms with Crippen LogP contribution in [0.2, 0.25) is 0 Å². The minimum absolute atomic E-state index is 0.00455. The quantitative estimate of drug-likeness (QED) is 0.760. The maximum Gasteiger partial charge on any atom is 0.305 e. The van der Waals surface area contributed by atoms with E-state index in [2.05, 4.69) is 15.5 Å². The summed E-state index contributed by atoms with van der Waals surface area (Å²) in [6.07, 6.45) is 2.93. The minimum atomic E-state index is -0.399. The molecule has 1 amide bonds. The van der Waals surface area contributed by atoms with Crippen molar-refractivity contribution in [3.63, 3.8) is 0 Å². The zero-order valence-corrected chi connectivity index (χ0v) is 9.42. The number of benzene rings is 1. The number of carbonyl (C=O) groups excluding carboxylic acids is 1. The Morgan fingerprint density at radius 1 is 1.41 bits per heavy atom. The van der Waals surface area contributed by atoms with Gasteiger partial charge in [-0.3, -0.25) is 9.64 Å². The Hall–Kier alpha value is -2.02. The second kappa shape index (κ2) is 3.49. The van der Waals surface area contributed by atoms with Gasteiger partial charge < -0.3 is 10.6 Å².